The molecule has 0 N–H and O–H groups in total. The van der Waals surface area contributed by atoms with E-state index in [1.54, 1.807) is 11.8 Å². The Hall–Kier alpha value is -2.03. The molecule has 0 spiro atoms. The summed E-state index contributed by atoms with van der Waals surface area (Å²) in [5, 5.41) is 0. The van der Waals surface area contributed by atoms with Gasteiger partial charge in [-0.2, -0.15) is 0 Å². The molecule has 1 amide bonds. The quantitative estimate of drug-likeness (QED) is 0.619. The molecule has 3 nitrogen and oxygen atoms in total. The third kappa shape index (κ3) is 2.36. The fourth-order valence-electron chi connectivity index (χ4n) is 2.58. The van der Waals surface area contributed by atoms with Crippen LogP contribution in [0.25, 0.3) is 0 Å². The Labute approximate surface area is 120 Å². The van der Waals surface area contributed by atoms with Crippen molar-refractivity contribution in [2.45, 2.75) is 38.8 Å². The first-order valence-electron chi connectivity index (χ1n) is 6.76. The predicted octanol–water partition coefficient (Wildman–Crippen LogP) is 3.71. The monoisotopic (exact) mass is 271 g/mol. The van der Waals surface area contributed by atoms with Crippen molar-refractivity contribution in [3.63, 3.8) is 0 Å². The summed E-state index contributed by atoms with van der Waals surface area (Å²) >= 11 is 0. The van der Waals surface area contributed by atoms with Gasteiger partial charge in [0.15, 0.2) is 0 Å². The molecule has 1 aliphatic rings. The molecule has 1 aromatic rings. The number of anilines is 1. The Morgan fingerprint density at radius 1 is 1.45 bits per heavy atom. The molecule has 1 unspecified atom stereocenters. The first-order valence-corrected chi connectivity index (χ1v) is 6.76. The van der Waals surface area contributed by atoms with Crippen molar-refractivity contribution in [1.29, 1.82) is 0 Å². The Morgan fingerprint density at radius 3 is 2.70 bits per heavy atom. The molecular formula is C17H21NO2. The van der Waals surface area contributed by atoms with Crippen LogP contribution in [0, 0.1) is 0 Å². The number of hydrogen-bond acceptors (Lipinski definition) is 2. The van der Waals surface area contributed by atoms with E-state index in [1.165, 1.54) is 0 Å². The number of carbonyl (C=O) groups is 1. The molecule has 2 rings (SSSR count). The minimum atomic E-state index is -0.479. The number of amides is 1. The molecule has 0 saturated heterocycles. The highest BCUT2D eigenvalue weighted by molar-refractivity contribution is 6.06. The number of benzene rings is 1. The summed E-state index contributed by atoms with van der Waals surface area (Å²) in [6, 6.07) is 7.51. The van der Waals surface area contributed by atoms with Gasteiger partial charge in [0.05, 0.1) is 11.7 Å². The molecule has 0 radical (unpaired) electrons. The van der Waals surface area contributed by atoms with Gasteiger partial charge in [0.1, 0.15) is 11.4 Å². The fourth-order valence-corrected chi connectivity index (χ4v) is 2.58. The maximum Gasteiger partial charge on any atom is 0.253 e. The molecule has 0 fully saturated rings. The first-order chi connectivity index (χ1) is 9.38. The normalized spacial score (nSPS) is 19.8. The summed E-state index contributed by atoms with van der Waals surface area (Å²) < 4.78 is 6.07. The maximum absolute atomic E-state index is 12.6. The zero-order chi connectivity index (χ0) is 14.9. The number of ether oxygens (including phenoxy) is 1. The average Bonchev–Trinajstić information content (AvgIpc) is 2.38. The lowest BCUT2D eigenvalue weighted by Gasteiger charge is -2.46. The van der Waals surface area contributed by atoms with E-state index >= 15 is 0 Å². The van der Waals surface area contributed by atoms with Gasteiger partial charge in [-0.15, -0.1) is 6.58 Å². The molecule has 1 heterocycles. The largest absolute Gasteiger partial charge is 0.483 e. The summed E-state index contributed by atoms with van der Waals surface area (Å²) in [5.41, 5.74) is 0.839. The summed E-state index contributed by atoms with van der Waals surface area (Å²) in [7, 11) is 0. The topological polar surface area (TPSA) is 29.5 Å². The van der Waals surface area contributed by atoms with Crippen LogP contribution in [0.2, 0.25) is 0 Å². The molecular weight excluding hydrogens is 250 g/mol. The molecule has 3 heteroatoms. The Bertz CT molecular complexity index is 560. The molecule has 106 valence electrons. The second-order valence-electron chi connectivity index (χ2n) is 5.67. The van der Waals surface area contributed by atoms with Crippen molar-refractivity contribution in [3.05, 3.63) is 49.1 Å². The number of carbonyl (C=O) groups excluding carboxylic acids is 1. The zero-order valence-corrected chi connectivity index (χ0v) is 12.3. The van der Waals surface area contributed by atoms with Crippen LogP contribution in [0.4, 0.5) is 5.69 Å². The van der Waals surface area contributed by atoms with E-state index in [0.717, 1.165) is 11.4 Å². The van der Waals surface area contributed by atoms with E-state index in [9.17, 15) is 4.79 Å². The molecule has 0 aromatic heterocycles. The number of rotatable bonds is 3. The lowest BCUT2D eigenvalue weighted by molar-refractivity contribution is -0.117. The average molecular weight is 271 g/mol. The van der Waals surface area contributed by atoms with Gasteiger partial charge in [0.2, 0.25) is 0 Å². The van der Waals surface area contributed by atoms with E-state index in [4.69, 9.17) is 4.74 Å². The van der Waals surface area contributed by atoms with Gasteiger partial charge in [-0.05, 0) is 39.3 Å². The SMILES string of the molecule is C=CCC1N(C(=O)C(=C)C)c2ccccc2OC1(C)C. The van der Waals surface area contributed by atoms with E-state index in [-0.39, 0.29) is 11.9 Å². The van der Waals surface area contributed by atoms with Gasteiger partial charge < -0.3 is 4.74 Å². The second kappa shape index (κ2) is 5.16. The van der Waals surface area contributed by atoms with Gasteiger partial charge in [0, 0.05) is 5.57 Å². The van der Waals surface area contributed by atoms with Gasteiger partial charge in [0.25, 0.3) is 5.91 Å². The summed E-state index contributed by atoms with van der Waals surface area (Å²) in [6.45, 7) is 13.3. The fraction of sp³-hybridized carbons (Fsp3) is 0.353. The molecule has 1 aliphatic heterocycles. The Kier molecular flexibility index (Phi) is 3.71. The van der Waals surface area contributed by atoms with Gasteiger partial charge in [-0.3, -0.25) is 9.69 Å². The van der Waals surface area contributed by atoms with Crippen molar-refractivity contribution in [2.24, 2.45) is 0 Å². The van der Waals surface area contributed by atoms with Gasteiger partial charge in [-0.1, -0.05) is 24.8 Å². The Morgan fingerprint density at radius 2 is 2.10 bits per heavy atom. The number of hydrogen-bond donors (Lipinski definition) is 0. The lowest BCUT2D eigenvalue weighted by Crippen LogP contribution is -2.58. The lowest BCUT2D eigenvalue weighted by atomic mass is 9.90. The molecule has 0 saturated carbocycles. The van der Waals surface area contributed by atoms with Gasteiger partial charge >= 0.3 is 0 Å². The van der Waals surface area contributed by atoms with Crippen molar-refractivity contribution < 1.29 is 9.53 Å². The highest BCUT2D eigenvalue weighted by Gasteiger charge is 2.43. The third-order valence-corrected chi connectivity index (χ3v) is 3.59. The molecule has 0 aliphatic carbocycles. The molecule has 1 aromatic carbocycles. The summed E-state index contributed by atoms with van der Waals surface area (Å²) in [5.74, 6) is 0.660. The molecule has 1 atom stereocenters. The maximum atomic E-state index is 12.6. The van der Waals surface area contributed by atoms with E-state index in [2.05, 4.69) is 13.2 Å². The third-order valence-electron chi connectivity index (χ3n) is 3.59. The van der Waals surface area contributed by atoms with Crippen LogP contribution in [0.5, 0.6) is 5.75 Å². The van der Waals surface area contributed by atoms with E-state index < -0.39 is 5.60 Å². The highest BCUT2D eigenvalue weighted by atomic mass is 16.5. The van der Waals surface area contributed by atoms with Gasteiger partial charge in [-0.25, -0.2) is 0 Å². The van der Waals surface area contributed by atoms with Crippen LogP contribution >= 0.6 is 0 Å². The number of nitrogens with zero attached hydrogens (tertiary/aromatic N) is 1. The molecule has 0 bridgehead atoms. The van der Waals surface area contributed by atoms with Crippen LogP contribution < -0.4 is 9.64 Å². The second-order valence-corrected chi connectivity index (χ2v) is 5.67. The number of fused-ring (bicyclic) bond motifs is 1. The summed E-state index contributed by atoms with van der Waals surface area (Å²) in [4.78, 5) is 14.4. The predicted molar refractivity (Wildman–Crippen MR) is 82.1 cm³/mol. The van der Waals surface area contributed by atoms with Crippen LogP contribution in [0.15, 0.2) is 49.1 Å². The van der Waals surface area contributed by atoms with Crippen molar-refractivity contribution in [3.8, 4) is 5.75 Å². The zero-order valence-electron chi connectivity index (χ0n) is 12.3. The molecule has 20 heavy (non-hydrogen) atoms. The minimum absolute atomic E-state index is 0.0688. The van der Waals surface area contributed by atoms with Crippen LogP contribution in [0.3, 0.4) is 0 Å². The van der Waals surface area contributed by atoms with Crippen LogP contribution in [-0.4, -0.2) is 17.6 Å². The van der Waals surface area contributed by atoms with Crippen molar-refractivity contribution >= 4 is 11.6 Å². The van der Waals surface area contributed by atoms with E-state index in [0.29, 0.717) is 12.0 Å². The summed E-state index contributed by atoms with van der Waals surface area (Å²) in [6.07, 6.45) is 2.49. The van der Waals surface area contributed by atoms with Crippen LogP contribution in [-0.2, 0) is 4.79 Å². The van der Waals surface area contributed by atoms with E-state index in [1.807, 2.05) is 44.2 Å². The standard InChI is InChI=1S/C17H21NO2/c1-6-9-15-17(4,5)20-14-11-8-7-10-13(14)18(15)16(19)12(2)3/h6-8,10-11,15H,1-2,9H2,3-5H3. The van der Waals surface area contributed by atoms with Crippen LogP contribution in [0.1, 0.15) is 27.2 Å². The highest BCUT2D eigenvalue weighted by Crippen LogP contribution is 2.41. The van der Waals surface area contributed by atoms with Crippen molar-refractivity contribution in [1.82, 2.24) is 0 Å². The first kappa shape index (κ1) is 14.4. The minimum Gasteiger partial charge on any atom is -0.483 e. The smallest absolute Gasteiger partial charge is 0.253 e. The van der Waals surface area contributed by atoms with Crippen molar-refractivity contribution in [2.75, 3.05) is 4.90 Å². The Balaban J connectivity index is 2.58. The number of para-hydroxylation sites is 2.